The number of hydrogen-bond donors (Lipinski definition) is 2. The molecule has 2 nitrogen and oxygen atoms in total. The highest BCUT2D eigenvalue weighted by Crippen LogP contribution is 2.40. The highest BCUT2D eigenvalue weighted by atomic mass is 35.5. The molecule has 2 rings (SSSR count). The molecule has 0 amide bonds. The lowest BCUT2D eigenvalue weighted by molar-refractivity contribution is 0.290. The molecule has 0 radical (unpaired) electrons. The lowest BCUT2D eigenvalue weighted by Crippen LogP contribution is -2.53. The van der Waals surface area contributed by atoms with Crippen LogP contribution in [-0.2, 0) is 0 Å². The molecule has 106 valence electrons. The number of anilines is 1. The summed E-state index contributed by atoms with van der Waals surface area (Å²) in [4.78, 5) is 0. The molecule has 4 heteroatoms. The van der Waals surface area contributed by atoms with Gasteiger partial charge in [0, 0.05) is 23.0 Å². The van der Waals surface area contributed by atoms with Gasteiger partial charge in [-0.1, -0.05) is 31.5 Å². The fourth-order valence-corrected chi connectivity index (χ4v) is 4.40. The van der Waals surface area contributed by atoms with Crippen LogP contribution < -0.4 is 11.1 Å². The summed E-state index contributed by atoms with van der Waals surface area (Å²) in [7, 11) is 0. The zero-order valence-corrected chi connectivity index (χ0v) is 13.5. The number of rotatable bonds is 3. The van der Waals surface area contributed by atoms with Crippen molar-refractivity contribution < 1.29 is 0 Å². The van der Waals surface area contributed by atoms with E-state index in [0.717, 1.165) is 28.4 Å². The minimum atomic E-state index is -0.0228. The molecule has 0 aromatic heterocycles. The summed E-state index contributed by atoms with van der Waals surface area (Å²) < 4.78 is 0. The number of aryl methyl sites for hydroxylation is 1. The van der Waals surface area contributed by atoms with Gasteiger partial charge in [-0.2, -0.15) is 11.8 Å². The maximum atomic E-state index is 6.20. The number of benzene rings is 1. The van der Waals surface area contributed by atoms with E-state index in [0.29, 0.717) is 12.0 Å². The van der Waals surface area contributed by atoms with Crippen LogP contribution in [-0.4, -0.2) is 23.6 Å². The van der Waals surface area contributed by atoms with Crippen LogP contribution in [0.15, 0.2) is 18.2 Å². The number of halogens is 1. The summed E-state index contributed by atoms with van der Waals surface area (Å²) in [5, 5.41) is 4.44. The third-order valence-electron chi connectivity index (χ3n) is 3.66. The molecule has 1 fully saturated rings. The van der Waals surface area contributed by atoms with Gasteiger partial charge in [-0.3, -0.25) is 0 Å². The van der Waals surface area contributed by atoms with E-state index in [-0.39, 0.29) is 5.54 Å². The summed E-state index contributed by atoms with van der Waals surface area (Å²) >= 11 is 8.18. The Labute approximate surface area is 125 Å². The van der Waals surface area contributed by atoms with E-state index in [9.17, 15) is 0 Å². The molecular weight excluding hydrogens is 276 g/mol. The number of nitrogens with one attached hydrogen (secondary N) is 1. The SMILES string of the molecule is Cc1ccc(NC2(CN)CSCC(C)(C)C2)cc1Cl. The molecule has 0 saturated carbocycles. The van der Waals surface area contributed by atoms with Crippen molar-refractivity contribution in [2.75, 3.05) is 23.4 Å². The van der Waals surface area contributed by atoms with Gasteiger partial charge in [-0.15, -0.1) is 0 Å². The first-order valence-corrected chi connectivity index (χ1v) is 8.21. The highest BCUT2D eigenvalue weighted by molar-refractivity contribution is 7.99. The molecule has 1 heterocycles. The first-order valence-electron chi connectivity index (χ1n) is 6.68. The standard InChI is InChI=1S/C15H23ClN2S/c1-11-4-5-12(6-13(11)16)18-15(8-17)7-14(2,3)9-19-10-15/h4-6,18H,7-10,17H2,1-3H3. The molecule has 0 aliphatic carbocycles. The fraction of sp³-hybridized carbons (Fsp3) is 0.600. The van der Waals surface area contributed by atoms with Gasteiger partial charge in [0.15, 0.2) is 0 Å². The summed E-state index contributed by atoms with van der Waals surface area (Å²) in [6, 6.07) is 6.14. The third kappa shape index (κ3) is 3.59. The summed E-state index contributed by atoms with van der Waals surface area (Å²) in [6.07, 6.45) is 1.09. The van der Waals surface area contributed by atoms with Gasteiger partial charge in [0.25, 0.3) is 0 Å². The molecule has 1 aliphatic rings. The Balaban J connectivity index is 2.20. The molecule has 1 aliphatic heterocycles. The second-order valence-corrected chi connectivity index (χ2v) is 7.80. The van der Waals surface area contributed by atoms with Crippen molar-refractivity contribution in [1.82, 2.24) is 0 Å². The Hall–Kier alpha value is -0.380. The third-order valence-corrected chi connectivity index (χ3v) is 5.81. The van der Waals surface area contributed by atoms with Crippen molar-refractivity contribution in [3.8, 4) is 0 Å². The normalized spacial score (nSPS) is 26.2. The lowest BCUT2D eigenvalue weighted by Gasteiger charge is -2.45. The Morgan fingerprint density at radius 2 is 2.11 bits per heavy atom. The van der Waals surface area contributed by atoms with E-state index in [1.807, 2.05) is 24.8 Å². The van der Waals surface area contributed by atoms with E-state index in [4.69, 9.17) is 17.3 Å². The van der Waals surface area contributed by atoms with Crippen molar-refractivity contribution >= 4 is 29.1 Å². The van der Waals surface area contributed by atoms with Crippen LogP contribution in [0.4, 0.5) is 5.69 Å². The average Bonchev–Trinajstić information content (AvgIpc) is 2.33. The molecule has 3 N–H and O–H groups in total. The van der Waals surface area contributed by atoms with Crippen molar-refractivity contribution in [1.29, 1.82) is 0 Å². The first kappa shape index (κ1) is 15.0. The van der Waals surface area contributed by atoms with Gasteiger partial charge in [0.05, 0.1) is 5.54 Å². The van der Waals surface area contributed by atoms with Crippen LogP contribution in [0.2, 0.25) is 5.02 Å². The molecular formula is C15H23ClN2S. The monoisotopic (exact) mass is 298 g/mol. The Morgan fingerprint density at radius 3 is 2.68 bits per heavy atom. The fourth-order valence-electron chi connectivity index (χ4n) is 2.78. The number of nitrogens with two attached hydrogens (primary N) is 1. The van der Waals surface area contributed by atoms with Crippen molar-refractivity contribution in [2.24, 2.45) is 11.1 Å². The van der Waals surface area contributed by atoms with Gasteiger partial charge in [-0.25, -0.2) is 0 Å². The van der Waals surface area contributed by atoms with Crippen molar-refractivity contribution in [2.45, 2.75) is 32.7 Å². The molecule has 1 aromatic rings. The minimum Gasteiger partial charge on any atom is -0.377 e. The Bertz CT molecular complexity index is 461. The van der Waals surface area contributed by atoms with Crippen LogP contribution in [0.25, 0.3) is 0 Å². The van der Waals surface area contributed by atoms with Gasteiger partial charge in [0.1, 0.15) is 0 Å². The minimum absolute atomic E-state index is 0.0228. The van der Waals surface area contributed by atoms with Gasteiger partial charge in [-0.05, 0) is 42.2 Å². The molecule has 1 unspecified atom stereocenters. The smallest absolute Gasteiger partial charge is 0.0591 e. The number of hydrogen-bond acceptors (Lipinski definition) is 3. The largest absolute Gasteiger partial charge is 0.377 e. The number of thioether (sulfide) groups is 1. The molecule has 0 spiro atoms. The lowest BCUT2D eigenvalue weighted by atomic mass is 9.79. The molecule has 0 bridgehead atoms. The van der Waals surface area contributed by atoms with E-state index < -0.39 is 0 Å². The summed E-state index contributed by atoms with van der Waals surface area (Å²) in [5.41, 5.74) is 8.54. The maximum absolute atomic E-state index is 6.20. The van der Waals surface area contributed by atoms with Crippen LogP contribution in [0.5, 0.6) is 0 Å². The van der Waals surface area contributed by atoms with E-state index in [2.05, 4.69) is 31.3 Å². The zero-order chi connectivity index (χ0) is 14.1. The van der Waals surface area contributed by atoms with Gasteiger partial charge < -0.3 is 11.1 Å². The average molecular weight is 299 g/mol. The first-order chi connectivity index (χ1) is 8.86. The quantitative estimate of drug-likeness (QED) is 0.888. The summed E-state index contributed by atoms with van der Waals surface area (Å²) in [6.45, 7) is 7.29. The van der Waals surface area contributed by atoms with E-state index in [1.165, 1.54) is 5.75 Å². The second-order valence-electron chi connectivity index (χ2n) is 6.41. The van der Waals surface area contributed by atoms with Crippen LogP contribution >= 0.6 is 23.4 Å². The Kier molecular flexibility index (Phi) is 4.38. The molecule has 19 heavy (non-hydrogen) atoms. The Morgan fingerprint density at radius 1 is 1.37 bits per heavy atom. The predicted molar refractivity (Wildman–Crippen MR) is 87.3 cm³/mol. The van der Waals surface area contributed by atoms with Crippen LogP contribution in [0.1, 0.15) is 25.8 Å². The molecule has 1 aromatic carbocycles. The van der Waals surface area contributed by atoms with Crippen LogP contribution in [0, 0.1) is 12.3 Å². The molecule has 1 saturated heterocycles. The van der Waals surface area contributed by atoms with Gasteiger partial charge in [0.2, 0.25) is 0 Å². The predicted octanol–water partition coefficient (Wildman–Crippen LogP) is 3.92. The second kappa shape index (κ2) is 5.55. The van der Waals surface area contributed by atoms with Crippen LogP contribution in [0.3, 0.4) is 0 Å². The van der Waals surface area contributed by atoms with E-state index >= 15 is 0 Å². The van der Waals surface area contributed by atoms with Crippen molar-refractivity contribution in [3.63, 3.8) is 0 Å². The topological polar surface area (TPSA) is 38.0 Å². The highest BCUT2D eigenvalue weighted by Gasteiger charge is 2.39. The zero-order valence-electron chi connectivity index (χ0n) is 11.9. The van der Waals surface area contributed by atoms with Crippen molar-refractivity contribution in [3.05, 3.63) is 28.8 Å². The summed E-state index contributed by atoms with van der Waals surface area (Å²) in [5.74, 6) is 2.25. The van der Waals surface area contributed by atoms with Gasteiger partial charge >= 0.3 is 0 Å². The maximum Gasteiger partial charge on any atom is 0.0591 e. The molecule has 1 atom stereocenters. The van der Waals surface area contributed by atoms with E-state index in [1.54, 1.807) is 0 Å².